The molecule has 1 saturated carbocycles. The van der Waals surface area contributed by atoms with E-state index < -0.39 is 0 Å². The highest BCUT2D eigenvalue weighted by atomic mass is 16.2. The van der Waals surface area contributed by atoms with Gasteiger partial charge in [-0.05, 0) is 62.1 Å². The quantitative estimate of drug-likeness (QED) is 0.703. The monoisotopic (exact) mass is 389 g/mol. The van der Waals surface area contributed by atoms with Crippen molar-refractivity contribution in [2.75, 3.05) is 23.3 Å². The number of pyridine rings is 1. The molecule has 2 N–H and O–H groups in total. The average molecular weight is 389 g/mol. The van der Waals surface area contributed by atoms with Crippen LogP contribution in [-0.4, -0.2) is 40.3 Å². The highest BCUT2D eigenvalue weighted by molar-refractivity contribution is 6.06. The van der Waals surface area contributed by atoms with Crippen LogP contribution in [0.4, 0.5) is 11.4 Å². The Balaban J connectivity index is 1.38. The first-order valence-corrected chi connectivity index (χ1v) is 10.1. The van der Waals surface area contributed by atoms with E-state index in [9.17, 15) is 9.59 Å². The van der Waals surface area contributed by atoms with Crippen molar-refractivity contribution in [2.24, 2.45) is 0 Å². The zero-order chi connectivity index (χ0) is 19.8. The van der Waals surface area contributed by atoms with Crippen molar-refractivity contribution < 1.29 is 9.59 Å². The van der Waals surface area contributed by atoms with Crippen molar-refractivity contribution in [1.82, 2.24) is 14.7 Å². The third kappa shape index (κ3) is 3.55. The zero-order valence-electron chi connectivity index (χ0n) is 16.1. The second-order valence-corrected chi connectivity index (χ2v) is 7.68. The Morgan fingerprint density at radius 1 is 0.966 bits per heavy atom. The second-order valence-electron chi connectivity index (χ2n) is 7.68. The molecule has 0 spiro atoms. The minimum absolute atomic E-state index is 0.199. The Morgan fingerprint density at radius 3 is 2.45 bits per heavy atom. The fourth-order valence-electron chi connectivity index (χ4n) is 3.76. The number of fused-ring (bicyclic) bond motifs is 1. The van der Waals surface area contributed by atoms with Crippen molar-refractivity contribution in [3.05, 3.63) is 60.2 Å². The maximum atomic E-state index is 12.9. The second kappa shape index (κ2) is 7.24. The highest BCUT2D eigenvalue weighted by Gasteiger charge is 2.27. The minimum atomic E-state index is -0.342. The third-order valence-electron chi connectivity index (χ3n) is 5.48. The number of rotatable bonds is 5. The van der Waals surface area contributed by atoms with Crippen LogP contribution in [0.25, 0.3) is 5.52 Å². The van der Waals surface area contributed by atoms with Crippen LogP contribution in [0.15, 0.2) is 48.7 Å². The third-order valence-corrected chi connectivity index (χ3v) is 5.48. The normalized spacial score (nSPS) is 16.2. The van der Waals surface area contributed by atoms with Gasteiger partial charge < -0.3 is 15.5 Å². The van der Waals surface area contributed by atoms with Gasteiger partial charge in [0.1, 0.15) is 0 Å². The molecule has 1 aliphatic heterocycles. The summed E-state index contributed by atoms with van der Waals surface area (Å²) in [5.41, 5.74) is 2.78. The number of aromatic nitrogens is 2. The number of carbonyl (C=O) groups is 2. The fraction of sp³-hybridized carbons (Fsp3) is 0.318. The van der Waals surface area contributed by atoms with E-state index in [1.807, 2.05) is 36.4 Å². The maximum Gasteiger partial charge on any atom is 0.292 e. The molecule has 0 unspecified atom stereocenters. The Kier molecular flexibility index (Phi) is 4.42. The molecule has 0 radical (unpaired) electrons. The van der Waals surface area contributed by atoms with Crippen LogP contribution in [0, 0.1) is 0 Å². The zero-order valence-corrected chi connectivity index (χ0v) is 16.1. The van der Waals surface area contributed by atoms with Gasteiger partial charge in [0, 0.05) is 36.7 Å². The molecule has 3 heterocycles. The summed E-state index contributed by atoms with van der Waals surface area (Å²) < 4.78 is 1.66. The highest BCUT2D eigenvalue weighted by Crippen LogP contribution is 2.23. The van der Waals surface area contributed by atoms with E-state index in [4.69, 9.17) is 0 Å². The lowest BCUT2D eigenvalue weighted by Gasteiger charge is -2.17. The molecule has 0 atom stereocenters. The number of hydrogen-bond acceptors (Lipinski definition) is 4. The lowest BCUT2D eigenvalue weighted by molar-refractivity contribution is 0.0948. The van der Waals surface area contributed by atoms with Crippen LogP contribution in [0.3, 0.4) is 0 Å². The number of nitrogens with zero attached hydrogens (tertiary/aromatic N) is 3. The number of nitrogens with one attached hydrogen (secondary N) is 2. The molecular weight excluding hydrogens is 366 g/mol. The number of imidazole rings is 1. The van der Waals surface area contributed by atoms with Crippen LogP contribution in [0.2, 0.25) is 0 Å². The van der Waals surface area contributed by atoms with Crippen LogP contribution in [-0.2, 0) is 0 Å². The van der Waals surface area contributed by atoms with Gasteiger partial charge in [0.25, 0.3) is 11.8 Å². The summed E-state index contributed by atoms with van der Waals surface area (Å²) in [4.78, 5) is 32.2. The van der Waals surface area contributed by atoms with E-state index in [1.165, 1.54) is 18.5 Å². The molecule has 7 heteroatoms. The summed E-state index contributed by atoms with van der Waals surface area (Å²) in [6, 6.07) is 13.6. The van der Waals surface area contributed by atoms with Crippen LogP contribution < -0.4 is 15.5 Å². The smallest absolute Gasteiger partial charge is 0.292 e. The summed E-state index contributed by atoms with van der Waals surface area (Å²) in [6.45, 7) is 2.16. The van der Waals surface area contributed by atoms with Gasteiger partial charge in [-0.25, -0.2) is 4.98 Å². The van der Waals surface area contributed by atoms with Crippen LogP contribution >= 0.6 is 0 Å². The summed E-state index contributed by atoms with van der Waals surface area (Å²) in [5, 5.41) is 5.85. The van der Waals surface area contributed by atoms with E-state index in [0.29, 0.717) is 11.2 Å². The molecular formula is C22H23N5O2. The van der Waals surface area contributed by atoms with Crippen LogP contribution in [0.5, 0.6) is 0 Å². The molecule has 148 valence electrons. The van der Waals surface area contributed by atoms with Crippen molar-refractivity contribution in [3.63, 3.8) is 0 Å². The molecule has 2 aromatic heterocycles. The molecule has 5 rings (SSSR count). The summed E-state index contributed by atoms with van der Waals surface area (Å²) in [7, 11) is 0. The Hall–Kier alpha value is -3.35. The van der Waals surface area contributed by atoms with Gasteiger partial charge in [0.2, 0.25) is 5.82 Å². The predicted octanol–water partition coefficient (Wildman–Crippen LogP) is 3.08. The molecule has 0 bridgehead atoms. The van der Waals surface area contributed by atoms with Crippen molar-refractivity contribution in [1.29, 1.82) is 0 Å². The molecule has 2 aliphatic rings. The number of hydrogen-bond donors (Lipinski definition) is 2. The van der Waals surface area contributed by atoms with E-state index >= 15 is 0 Å². The fourth-order valence-corrected chi connectivity index (χ4v) is 3.76. The summed E-state index contributed by atoms with van der Waals surface area (Å²) in [6.07, 6.45) is 6.20. The summed E-state index contributed by atoms with van der Waals surface area (Å²) in [5.74, 6) is -0.374. The molecule has 3 aromatic rings. The van der Waals surface area contributed by atoms with Crippen molar-refractivity contribution in [2.45, 2.75) is 31.7 Å². The SMILES string of the molecule is O=C(NC1CC1)c1nc(C(=O)Nc2ccc(N3CCCC3)cc2)n2ccccc12. The number of carbonyl (C=O) groups excluding carboxylic acids is 2. The van der Waals surface area contributed by atoms with E-state index in [1.54, 1.807) is 16.7 Å². The molecule has 2 amide bonds. The first-order chi connectivity index (χ1) is 14.2. The van der Waals surface area contributed by atoms with E-state index in [0.717, 1.165) is 25.9 Å². The van der Waals surface area contributed by atoms with E-state index in [-0.39, 0.29) is 29.4 Å². The first kappa shape index (κ1) is 17.7. The largest absolute Gasteiger partial charge is 0.372 e. The standard InChI is InChI=1S/C22H23N5O2/c28-21(23-15-6-7-15)19-18-5-1-2-14-27(18)20(25-19)22(29)24-16-8-10-17(11-9-16)26-12-3-4-13-26/h1-2,5,8-11,14-15H,3-4,6-7,12-13H2,(H,23,28)(H,24,29). The van der Waals surface area contributed by atoms with E-state index in [2.05, 4.69) is 20.5 Å². The molecule has 7 nitrogen and oxygen atoms in total. The van der Waals surface area contributed by atoms with Gasteiger partial charge in [0.15, 0.2) is 5.69 Å². The number of amides is 2. The Morgan fingerprint density at radius 2 is 1.72 bits per heavy atom. The first-order valence-electron chi connectivity index (χ1n) is 10.1. The lowest BCUT2D eigenvalue weighted by atomic mass is 10.2. The summed E-state index contributed by atoms with van der Waals surface area (Å²) >= 11 is 0. The van der Waals surface area contributed by atoms with Gasteiger partial charge in [-0.15, -0.1) is 0 Å². The molecule has 29 heavy (non-hydrogen) atoms. The lowest BCUT2D eigenvalue weighted by Crippen LogP contribution is -2.26. The van der Waals surface area contributed by atoms with Crippen LogP contribution in [0.1, 0.15) is 46.8 Å². The average Bonchev–Trinajstić information content (AvgIpc) is 3.24. The van der Waals surface area contributed by atoms with Gasteiger partial charge in [-0.2, -0.15) is 0 Å². The van der Waals surface area contributed by atoms with Gasteiger partial charge in [-0.3, -0.25) is 14.0 Å². The Bertz CT molecular complexity index is 1060. The predicted molar refractivity (Wildman–Crippen MR) is 112 cm³/mol. The maximum absolute atomic E-state index is 12.9. The molecule has 2 fully saturated rings. The van der Waals surface area contributed by atoms with Gasteiger partial charge in [0.05, 0.1) is 5.52 Å². The topological polar surface area (TPSA) is 78.7 Å². The molecule has 1 aliphatic carbocycles. The minimum Gasteiger partial charge on any atom is -0.372 e. The van der Waals surface area contributed by atoms with Gasteiger partial charge >= 0.3 is 0 Å². The van der Waals surface area contributed by atoms with Crippen molar-refractivity contribution in [3.8, 4) is 0 Å². The number of anilines is 2. The number of benzene rings is 1. The molecule has 1 saturated heterocycles. The van der Waals surface area contributed by atoms with Gasteiger partial charge in [-0.1, -0.05) is 6.07 Å². The Labute approximate surface area is 168 Å². The molecule has 1 aromatic carbocycles. The van der Waals surface area contributed by atoms with Crippen molar-refractivity contribution >= 4 is 28.7 Å².